The summed E-state index contributed by atoms with van der Waals surface area (Å²) >= 11 is 1.57. The van der Waals surface area contributed by atoms with Crippen LogP contribution in [0.4, 0.5) is 11.6 Å². The molecule has 0 bridgehead atoms. The molecule has 0 saturated carbocycles. The van der Waals surface area contributed by atoms with Gasteiger partial charge in [-0.15, -0.1) is 0 Å². The average Bonchev–Trinajstić information content (AvgIpc) is 3.02. The number of rotatable bonds is 3. The van der Waals surface area contributed by atoms with Gasteiger partial charge in [-0.25, -0.2) is 19.9 Å². The number of aryl methyl sites for hydroxylation is 3. The van der Waals surface area contributed by atoms with Gasteiger partial charge in [-0.05, 0) is 20.1 Å². The van der Waals surface area contributed by atoms with Crippen molar-refractivity contribution in [3.05, 3.63) is 23.8 Å². The highest BCUT2D eigenvalue weighted by Crippen LogP contribution is 2.26. The third-order valence-electron chi connectivity index (χ3n) is 4.67. The van der Waals surface area contributed by atoms with Gasteiger partial charge in [0.1, 0.15) is 17.5 Å². The molecule has 136 valence electrons. The minimum absolute atomic E-state index is 0.773. The van der Waals surface area contributed by atoms with Crippen LogP contribution in [-0.4, -0.2) is 62.2 Å². The lowest BCUT2D eigenvalue weighted by Gasteiger charge is -2.36. The van der Waals surface area contributed by atoms with Crippen LogP contribution < -0.4 is 9.80 Å². The van der Waals surface area contributed by atoms with Crippen LogP contribution in [0.1, 0.15) is 11.4 Å². The molecule has 1 saturated heterocycles. The SMILES string of the molecule is CSc1ncc(C)c(N2CCN(c3nc(C)nc4c3cnn4C)CC2)n1. The van der Waals surface area contributed by atoms with Gasteiger partial charge in [0.2, 0.25) is 0 Å². The van der Waals surface area contributed by atoms with Crippen molar-refractivity contribution >= 4 is 34.4 Å². The molecular weight excluding hydrogens is 348 g/mol. The number of anilines is 2. The Labute approximate surface area is 156 Å². The summed E-state index contributed by atoms with van der Waals surface area (Å²) in [7, 11) is 1.91. The van der Waals surface area contributed by atoms with Crippen LogP contribution >= 0.6 is 11.8 Å². The fourth-order valence-electron chi connectivity index (χ4n) is 3.32. The van der Waals surface area contributed by atoms with E-state index in [-0.39, 0.29) is 0 Å². The van der Waals surface area contributed by atoms with Gasteiger partial charge >= 0.3 is 0 Å². The van der Waals surface area contributed by atoms with Crippen molar-refractivity contribution in [2.45, 2.75) is 19.0 Å². The van der Waals surface area contributed by atoms with Crippen LogP contribution in [0.3, 0.4) is 0 Å². The summed E-state index contributed by atoms with van der Waals surface area (Å²) in [6.45, 7) is 7.57. The molecule has 4 rings (SSSR count). The van der Waals surface area contributed by atoms with Gasteiger partial charge in [-0.1, -0.05) is 11.8 Å². The zero-order valence-electron chi connectivity index (χ0n) is 15.5. The fourth-order valence-corrected chi connectivity index (χ4v) is 3.66. The lowest BCUT2D eigenvalue weighted by molar-refractivity contribution is 0.636. The van der Waals surface area contributed by atoms with E-state index in [9.17, 15) is 0 Å². The Hall–Kier alpha value is -2.42. The molecule has 0 radical (unpaired) electrons. The number of fused-ring (bicyclic) bond motifs is 1. The molecule has 26 heavy (non-hydrogen) atoms. The van der Waals surface area contributed by atoms with Crippen LogP contribution in [0.15, 0.2) is 17.6 Å². The molecule has 0 spiro atoms. The molecule has 1 aliphatic rings. The van der Waals surface area contributed by atoms with E-state index in [0.29, 0.717) is 0 Å². The predicted molar refractivity (Wildman–Crippen MR) is 104 cm³/mol. The Morgan fingerprint density at radius 1 is 0.923 bits per heavy atom. The van der Waals surface area contributed by atoms with E-state index in [2.05, 4.69) is 31.8 Å². The molecule has 3 aromatic rings. The zero-order chi connectivity index (χ0) is 18.3. The normalized spacial score (nSPS) is 15.1. The van der Waals surface area contributed by atoms with Crippen LogP contribution in [0.25, 0.3) is 11.0 Å². The van der Waals surface area contributed by atoms with E-state index in [0.717, 1.165) is 65.4 Å². The molecule has 8 nitrogen and oxygen atoms in total. The first-order valence-electron chi connectivity index (χ1n) is 8.60. The summed E-state index contributed by atoms with van der Waals surface area (Å²) < 4.78 is 1.80. The van der Waals surface area contributed by atoms with Crippen molar-refractivity contribution in [1.29, 1.82) is 0 Å². The van der Waals surface area contributed by atoms with E-state index in [1.807, 2.05) is 32.6 Å². The summed E-state index contributed by atoms with van der Waals surface area (Å²) in [5, 5.41) is 6.17. The second-order valence-corrected chi connectivity index (χ2v) is 7.21. The highest BCUT2D eigenvalue weighted by Gasteiger charge is 2.23. The molecule has 3 aromatic heterocycles. The van der Waals surface area contributed by atoms with E-state index in [4.69, 9.17) is 9.97 Å². The lowest BCUT2D eigenvalue weighted by Crippen LogP contribution is -2.47. The molecule has 0 aromatic carbocycles. The number of hydrogen-bond donors (Lipinski definition) is 0. The minimum atomic E-state index is 0.773. The number of piperazine rings is 1. The van der Waals surface area contributed by atoms with Gasteiger partial charge in [0.15, 0.2) is 10.8 Å². The largest absolute Gasteiger partial charge is 0.353 e. The monoisotopic (exact) mass is 370 g/mol. The Kier molecular flexibility index (Phi) is 4.39. The smallest absolute Gasteiger partial charge is 0.189 e. The molecule has 4 heterocycles. The first-order valence-corrected chi connectivity index (χ1v) is 9.83. The van der Waals surface area contributed by atoms with Gasteiger partial charge in [0.25, 0.3) is 0 Å². The second kappa shape index (κ2) is 6.71. The summed E-state index contributed by atoms with van der Waals surface area (Å²) in [6.07, 6.45) is 5.77. The molecule has 1 aliphatic heterocycles. The number of nitrogens with zero attached hydrogens (tertiary/aromatic N) is 8. The number of thioether (sulfide) groups is 1. The maximum Gasteiger partial charge on any atom is 0.189 e. The van der Waals surface area contributed by atoms with Gasteiger partial charge < -0.3 is 9.80 Å². The summed E-state index contributed by atoms with van der Waals surface area (Å²) in [4.78, 5) is 22.9. The van der Waals surface area contributed by atoms with Crippen molar-refractivity contribution in [2.24, 2.45) is 7.05 Å². The Bertz CT molecular complexity index is 945. The Balaban J connectivity index is 1.58. The summed E-state index contributed by atoms with van der Waals surface area (Å²) in [5.41, 5.74) is 2.00. The number of aromatic nitrogens is 6. The standard InChI is InChI=1S/C17H22N8S/c1-11-9-18-17(26-4)22-14(11)24-5-7-25(8-6-24)16-13-10-19-23(3)15(13)20-12(2)21-16/h9-10H,5-8H2,1-4H3. The topological polar surface area (TPSA) is 75.9 Å². The van der Waals surface area contributed by atoms with E-state index in [1.165, 1.54) is 0 Å². The van der Waals surface area contributed by atoms with Crippen LogP contribution in [0, 0.1) is 13.8 Å². The maximum absolute atomic E-state index is 4.70. The maximum atomic E-state index is 4.70. The zero-order valence-corrected chi connectivity index (χ0v) is 16.3. The highest BCUT2D eigenvalue weighted by atomic mass is 32.2. The van der Waals surface area contributed by atoms with E-state index >= 15 is 0 Å². The molecule has 1 fully saturated rings. The highest BCUT2D eigenvalue weighted by molar-refractivity contribution is 7.98. The molecule has 0 N–H and O–H groups in total. The molecule has 0 unspecified atom stereocenters. The predicted octanol–water partition coefficient (Wildman–Crippen LogP) is 1.82. The van der Waals surface area contributed by atoms with Crippen LogP contribution in [0.2, 0.25) is 0 Å². The van der Waals surface area contributed by atoms with Crippen LogP contribution in [-0.2, 0) is 7.05 Å². The first kappa shape index (κ1) is 17.0. The molecular formula is C17H22N8S. The van der Waals surface area contributed by atoms with Gasteiger partial charge in [0.05, 0.1) is 11.6 Å². The molecule has 0 amide bonds. The first-order chi connectivity index (χ1) is 12.6. The van der Waals surface area contributed by atoms with Crippen molar-refractivity contribution in [3.63, 3.8) is 0 Å². The van der Waals surface area contributed by atoms with Crippen molar-refractivity contribution in [3.8, 4) is 0 Å². The molecule has 0 atom stereocenters. The van der Waals surface area contributed by atoms with Gasteiger partial charge in [-0.3, -0.25) is 4.68 Å². The third kappa shape index (κ3) is 2.96. The lowest BCUT2D eigenvalue weighted by atomic mass is 10.2. The Morgan fingerprint density at radius 3 is 2.31 bits per heavy atom. The van der Waals surface area contributed by atoms with Crippen molar-refractivity contribution < 1.29 is 0 Å². The minimum Gasteiger partial charge on any atom is -0.353 e. The number of hydrogen-bond acceptors (Lipinski definition) is 8. The average molecular weight is 370 g/mol. The van der Waals surface area contributed by atoms with E-state index < -0.39 is 0 Å². The fraction of sp³-hybridized carbons (Fsp3) is 0.471. The van der Waals surface area contributed by atoms with Crippen LogP contribution in [0.5, 0.6) is 0 Å². The Morgan fingerprint density at radius 2 is 1.62 bits per heavy atom. The molecule has 9 heteroatoms. The molecule has 0 aliphatic carbocycles. The summed E-state index contributed by atoms with van der Waals surface area (Å²) in [5.74, 6) is 2.79. The third-order valence-corrected chi connectivity index (χ3v) is 5.23. The quantitative estimate of drug-likeness (QED) is 0.510. The second-order valence-electron chi connectivity index (χ2n) is 6.44. The van der Waals surface area contributed by atoms with Gasteiger partial charge in [-0.2, -0.15) is 5.10 Å². The van der Waals surface area contributed by atoms with Gasteiger partial charge in [0, 0.05) is 45.0 Å². The van der Waals surface area contributed by atoms with E-state index in [1.54, 1.807) is 16.4 Å². The van der Waals surface area contributed by atoms with Crippen molar-refractivity contribution in [2.75, 3.05) is 42.2 Å². The summed E-state index contributed by atoms with van der Waals surface area (Å²) in [6, 6.07) is 0. The van der Waals surface area contributed by atoms with Crippen molar-refractivity contribution in [1.82, 2.24) is 29.7 Å².